The standard InChI is InChI=1S/C19H16FNO3S2/c20-16-8-4-3-7-15(16)17(22)11-24-18(23)14-6-2-1-5-13(14)12-26-19-21-9-10-25-19/h1-8H,9-12H2. The number of aliphatic imine (C=N–C) groups is 1. The lowest BCUT2D eigenvalue weighted by Gasteiger charge is -2.09. The summed E-state index contributed by atoms with van der Waals surface area (Å²) in [6.45, 7) is 0.332. The summed E-state index contributed by atoms with van der Waals surface area (Å²) in [5, 5.41) is 0. The molecule has 4 nitrogen and oxygen atoms in total. The van der Waals surface area contributed by atoms with Crippen LogP contribution in [0.5, 0.6) is 0 Å². The number of ether oxygens (including phenoxy) is 1. The molecule has 2 aromatic carbocycles. The van der Waals surface area contributed by atoms with E-state index in [0.717, 1.165) is 22.2 Å². The Kier molecular flexibility index (Phi) is 6.46. The number of ketones is 1. The highest BCUT2D eigenvalue weighted by Gasteiger charge is 2.17. The summed E-state index contributed by atoms with van der Waals surface area (Å²) < 4.78 is 19.8. The van der Waals surface area contributed by atoms with Gasteiger partial charge >= 0.3 is 5.97 Å². The normalized spacial score (nSPS) is 13.3. The summed E-state index contributed by atoms with van der Waals surface area (Å²) in [4.78, 5) is 28.8. The van der Waals surface area contributed by atoms with Gasteiger partial charge < -0.3 is 4.74 Å². The van der Waals surface area contributed by atoms with Gasteiger partial charge in [-0.05, 0) is 23.8 Å². The second-order valence-corrected chi connectivity index (χ2v) is 7.73. The first-order chi connectivity index (χ1) is 12.6. The molecule has 0 N–H and O–H groups in total. The Labute approximate surface area is 159 Å². The minimum atomic E-state index is -0.625. The first-order valence-electron chi connectivity index (χ1n) is 7.98. The predicted molar refractivity (Wildman–Crippen MR) is 104 cm³/mol. The lowest BCUT2D eigenvalue weighted by Crippen LogP contribution is -2.16. The minimum Gasteiger partial charge on any atom is -0.454 e. The number of carbonyl (C=O) groups excluding carboxylic acids is 2. The van der Waals surface area contributed by atoms with Crippen LogP contribution in [-0.4, -0.2) is 35.0 Å². The van der Waals surface area contributed by atoms with Crippen LogP contribution < -0.4 is 0 Å². The zero-order chi connectivity index (χ0) is 18.4. The summed E-state index contributed by atoms with van der Waals surface area (Å²) >= 11 is 3.29. The fourth-order valence-corrected chi connectivity index (χ4v) is 4.37. The van der Waals surface area contributed by atoms with E-state index >= 15 is 0 Å². The van der Waals surface area contributed by atoms with Crippen LogP contribution in [0.4, 0.5) is 4.39 Å². The molecule has 26 heavy (non-hydrogen) atoms. The van der Waals surface area contributed by atoms with Gasteiger partial charge in [0, 0.05) is 11.5 Å². The molecule has 0 aromatic heterocycles. The summed E-state index contributed by atoms with van der Waals surface area (Å²) in [6, 6.07) is 12.7. The van der Waals surface area contributed by atoms with E-state index in [-0.39, 0.29) is 5.56 Å². The fraction of sp³-hybridized carbons (Fsp3) is 0.211. The Hall–Kier alpha value is -2.12. The average molecular weight is 389 g/mol. The molecule has 0 atom stereocenters. The van der Waals surface area contributed by atoms with Crippen LogP contribution in [-0.2, 0) is 10.5 Å². The van der Waals surface area contributed by atoms with E-state index in [1.165, 1.54) is 18.2 Å². The van der Waals surface area contributed by atoms with Crippen LogP contribution in [0.15, 0.2) is 53.5 Å². The lowest BCUT2D eigenvalue weighted by molar-refractivity contribution is 0.0472. The van der Waals surface area contributed by atoms with E-state index in [9.17, 15) is 14.0 Å². The maximum absolute atomic E-state index is 13.6. The van der Waals surface area contributed by atoms with E-state index in [2.05, 4.69) is 4.99 Å². The van der Waals surface area contributed by atoms with Crippen LogP contribution >= 0.6 is 23.5 Å². The largest absolute Gasteiger partial charge is 0.454 e. The van der Waals surface area contributed by atoms with Crippen LogP contribution in [0.25, 0.3) is 0 Å². The number of benzene rings is 2. The number of nitrogens with zero attached hydrogens (tertiary/aromatic N) is 1. The van der Waals surface area contributed by atoms with Crippen LogP contribution in [0.2, 0.25) is 0 Å². The molecule has 0 radical (unpaired) electrons. The smallest absolute Gasteiger partial charge is 0.338 e. The van der Waals surface area contributed by atoms with Crippen molar-refractivity contribution in [1.29, 1.82) is 0 Å². The fourth-order valence-electron chi connectivity index (χ4n) is 2.36. The summed E-state index contributed by atoms with van der Waals surface area (Å²) in [6.07, 6.45) is 0. The molecule has 7 heteroatoms. The van der Waals surface area contributed by atoms with Gasteiger partial charge in [0.25, 0.3) is 0 Å². The Bertz CT molecular complexity index is 854. The summed E-state index contributed by atoms with van der Waals surface area (Å²) in [5.41, 5.74) is 1.14. The van der Waals surface area contributed by atoms with Crippen LogP contribution in [0, 0.1) is 5.82 Å². The Morgan fingerprint density at radius 2 is 1.85 bits per heavy atom. The Balaban J connectivity index is 1.62. The molecule has 0 saturated heterocycles. The van der Waals surface area contributed by atoms with Crippen molar-refractivity contribution >= 4 is 39.7 Å². The van der Waals surface area contributed by atoms with Gasteiger partial charge in [0.15, 0.2) is 6.61 Å². The molecular weight excluding hydrogens is 373 g/mol. The summed E-state index contributed by atoms with van der Waals surface area (Å²) in [5.74, 6) is -0.199. The number of halogens is 1. The van der Waals surface area contributed by atoms with Crippen molar-refractivity contribution in [3.8, 4) is 0 Å². The molecule has 1 heterocycles. The highest BCUT2D eigenvalue weighted by molar-refractivity contribution is 8.38. The van der Waals surface area contributed by atoms with Gasteiger partial charge in [-0.25, -0.2) is 9.18 Å². The van der Waals surface area contributed by atoms with Gasteiger partial charge in [0.2, 0.25) is 5.78 Å². The molecule has 1 aliphatic heterocycles. The number of rotatable bonds is 6. The predicted octanol–water partition coefficient (Wildman–Crippen LogP) is 4.20. The van der Waals surface area contributed by atoms with Crippen molar-refractivity contribution in [1.82, 2.24) is 0 Å². The molecule has 0 unspecified atom stereocenters. The van der Waals surface area contributed by atoms with Gasteiger partial charge in [-0.2, -0.15) is 0 Å². The monoisotopic (exact) mass is 389 g/mol. The number of esters is 1. The molecule has 0 aliphatic carbocycles. The van der Waals surface area contributed by atoms with Crippen molar-refractivity contribution in [2.24, 2.45) is 4.99 Å². The van der Waals surface area contributed by atoms with Crippen molar-refractivity contribution < 1.29 is 18.7 Å². The molecule has 0 spiro atoms. The first kappa shape index (κ1) is 18.7. The number of thioether (sulfide) groups is 2. The maximum Gasteiger partial charge on any atom is 0.338 e. The SMILES string of the molecule is O=C(COC(=O)c1ccccc1CSC1=NCCS1)c1ccccc1F. The van der Waals surface area contributed by atoms with E-state index in [4.69, 9.17) is 4.74 Å². The number of hydrogen-bond acceptors (Lipinski definition) is 6. The highest BCUT2D eigenvalue weighted by Crippen LogP contribution is 2.26. The third-order valence-electron chi connectivity index (χ3n) is 3.65. The topological polar surface area (TPSA) is 55.7 Å². The van der Waals surface area contributed by atoms with Gasteiger partial charge in [-0.3, -0.25) is 9.79 Å². The van der Waals surface area contributed by atoms with Crippen molar-refractivity contribution in [3.05, 3.63) is 71.0 Å². The molecule has 3 rings (SSSR count). The Morgan fingerprint density at radius 1 is 1.12 bits per heavy atom. The summed E-state index contributed by atoms with van der Waals surface area (Å²) in [7, 11) is 0. The van der Waals surface area contributed by atoms with Gasteiger partial charge in [-0.15, -0.1) is 0 Å². The number of carbonyl (C=O) groups is 2. The van der Waals surface area contributed by atoms with Gasteiger partial charge in [0.05, 0.1) is 17.7 Å². The number of Topliss-reactive ketones (excluding diaryl/α,β-unsaturated/α-hetero) is 1. The van der Waals surface area contributed by atoms with Gasteiger partial charge in [0.1, 0.15) is 10.2 Å². The number of hydrogen-bond donors (Lipinski definition) is 0. The molecule has 1 aliphatic rings. The zero-order valence-corrected chi connectivity index (χ0v) is 15.4. The van der Waals surface area contributed by atoms with E-state index < -0.39 is 24.2 Å². The minimum absolute atomic E-state index is 0.0830. The van der Waals surface area contributed by atoms with Crippen LogP contribution in [0.1, 0.15) is 26.3 Å². The van der Waals surface area contributed by atoms with Crippen LogP contribution in [0.3, 0.4) is 0 Å². The molecule has 134 valence electrons. The second kappa shape index (κ2) is 9.00. The molecule has 0 bridgehead atoms. The van der Waals surface area contributed by atoms with Crippen molar-refractivity contribution in [2.45, 2.75) is 5.75 Å². The highest BCUT2D eigenvalue weighted by atomic mass is 32.2. The lowest BCUT2D eigenvalue weighted by atomic mass is 10.1. The maximum atomic E-state index is 13.6. The molecule has 2 aromatic rings. The quantitative estimate of drug-likeness (QED) is 0.547. The third kappa shape index (κ3) is 4.74. The van der Waals surface area contributed by atoms with Gasteiger partial charge in [-0.1, -0.05) is 53.9 Å². The van der Waals surface area contributed by atoms with Crippen molar-refractivity contribution in [2.75, 3.05) is 18.9 Å². The van der Waals surface area contributed by atoms with Crippen molar-refractivity contribution in [3.63, 3.8) is 0 Å². The molecule has 0 saturated carbocycles. The first-order valence-corrected chi connectivity index (χ1v) is 9.95. The second-order valence-electron chi connectivity index (χ2n) is 5.42. The molecule has 0 fully saturated rings. The average Bonchev–Trinajstić information content (AvgIpc) is 3.18. The Morgan fingerprint density at radius 3 is 2.58 bits per heavy atom. The van der Waals surface area contributed by atoms with E-state index in [0.29, 0.717) is 11.3 Å². The zero-order valence-electron chi connectivity index (χ0n) is 13.8. The molecular formula is C19H16FNO3S2. The molecule has 0 amide bonds. The van der Waals surface area contributed by atoms with E-state index in [1.807, 2.05) is 12.1 Å². The third-order valence-corrected chi connectivity index (χ3v) is 5.96. The van der Waals surface area contributed by atoms with E-state index in [1.54, 1.807) is 41.7 Å².